The topological polar surface area (TPSA) is 104 Å². The fraction of sp³-hybridized carbons (Fsp3) is 0.417. The SMILES string of the molecule is CC(C)(CO)CNC(=O)Nc1ccc([N+](=O)[O-])cc1. The van der Waals surface area contributed by atoms with E-state index in [2.05, 4.69) is 10.6 Å². The summed E-state index contributed by atoms with van der Waals surface area (Å²) in [7, 11) is 0. The molecule has 3 N–H and O–H groups in total. The van der Waals surface area contributed by atoms with E-state index >= 15 is 0 Å². The number of benzene rings is 1. The molecule has 0 saturated carbocycles. The van der Waals surface area contributed by atoms with Crippen LogP contribution in [0.5, 0.6) is 0 Å². The average molecular weight is 267 g/mol. The van der Waals surface area contributed by atoms with Crippen molar-refractivity contribution in [1.82, 2.24) is 5.32 Å². The van der Waals surface area contributed by atoms with Crippen LogP contribution in [-0.2, 0) is 0 Å². The Morgan fingerprint density at radius 1 is 1.37 bits per heavy atom. The zero-order chi connectivity index (χ0) is 14.5. The monoisotopic (exact) mass is 267 g/mol. The number of nitrogens with zero attached hydrogens (tertiary/aromatic N) is 1. The highest BCUT2D eigenvalue weighted by Gasteiger charge is 2.17. The van der Waals surface area contributed by atoms with Crippen LogP contribution in [0.15, 0.2) is 24.3 Å². The van der Waals surface area contributed by atoms with Gasteiger partial charge in [-0.15, -0.1) is 0 Å². The summed E-state index contributed by atoms with van der Waals surface area (Å²) < 4.78 is 0. The van der Waals surface area contributed by atoms with Gasteiger partial charge in [-0.25, -0.2) is 4.79 Å². The van der Waals surface area contributed by atoms with Crippen LogP contribution in [-0.4, -0.2) is 29.2 Å². The molecule has 0 fully saturated rings. The molecule has 19 heavy (non-hydrogen) atoms. The first-order valence-corrected chi connectivity index (χ1v) is 5.74. The van der Waals surface area contributed by atoms with E-state index in [1.807, 2.05) is 13.8 Å². The minimum atomic E-state index is -0.506. The van der Waals surface area contributed by atoms with Crippen LogP contribution in [0.25, 0.3) is 0 Å². The van der Waals surface area contributed by atoms with E-state index in [1.54, 1.807) is 0 Å². The number of aliphatic hydroxyl groups excluding tert-OH is 1. The van der Waals surface area contributed by atoms with E-state index in [-0.39, 0.29) is 12.3 Å². The molecule has 7 heteroatoms. The molecule has 2 amide bonds. The Balaban J connectivity index is 2.51. The molecule has 0 saturated heterocycles. The van der Waals surface area contributed by atoms with Crippen molar-refractivity contribution in [3.63, 3.8) is 0 Å². The second-order valence-electron chi connectivity index (χ2n) is 4.93. The van der Waals surface area contributed by atoms with Crippen molar-refractivity contribution in [3.8, 4) is 0 Å². The van der Waals surface area contributed by atoms with Crippen LogP contribution in [0.2, 0.25) is 0 Å². The minimum Gasteiger partial charge on any atom is -0.396 e. The first-order chi connectivity index (χ1) is 8.84. The van der Waals surface area contributed by atoms with Crippen molar-refractivity contribution in [3.05, 3.63) is 34.4 Å². The second kappa shape index (κ2) is 6.14. The Bertz CT molecular complexity index is 457. The summed E-state index contributed by atoms with van der Waals surface area (Å²) in [6.07, 6.45) is 0. The van der Waals surface area contributed by atoms with Crippen LogP contribution in [0.1, 0.15) is 13.8 Å². The summed E-state index contributed by atoms with van der Waals surface area (Å²) in [6.45, 7) is 3.92. The van der Waals surface area contributed by atoms with Gasteiger partial charge in [-0.3, -0.25) is 10.1 Å². The highest BCUT2D eigenvalue weighted by molar-refractivity contribution is 5.89. The maximum atomic E-state index is 11.6. The number of nitro groups is 1. The van der Waals surface area contributed by atoms with Crippen LogP contribution in [0.4, 0.5) is 16.2 Å². The molecule has 0 spiro atoms. The van der Waals surface area contributed by atoms with Crippen LogP contribution < -0.4 is 10.6 Å². The zero-order valence-electron chi connectivity index (χ0n) is 10.8. The molecule has 0 heterocycles. The Morgan fingerprint density at radius 2 is 1.95 bits per heavy atom. The molecule has 104 valence electrons. The van der Waals surface area contributed by atoms with Gasteiger partial charge in [0.1, 0.15) is 0 Å². The number of rotatable bonds is 5. The van der Waals surface area contributed by atoms with Crippen molar-refractivity contribution in [1.29, 1.82) is 0 Å². The Kier molecular flexibility index (Phi) is 4.82. The number of non-ortho nitro benzene ring substituents is 1. The molecular weight excluding hydrogens is 250 g/mol. The van der Waals surface area contributed by atoms with Gasteiger partial charge >= 0.3 is 6.03 Å². The molecule has 1 aromatic carbocycles. The molecular formula is C12H17N3O4. The lowest BCUT2D eigenvalue weighted by atomic mass is 9.95. The molecule has 0 aromatic heterocycles. The highest BCUT2D eigenvalue weighted by Crippen LogP contribution is 2.15. The lowest BCUT2D eigenvalue weighted by molar-refractivity contribution is -0.384. The number of nitro benzene ring substituents is 1. The van der Waals surface area contributed by atoms with Crippen molar-refractivity contribution in [2.24, 2.45) is 5.41 Å². The number of nitrogens with one attached hydrogen (secondary N) is 2. The van der Waals surface area contributed by atoms with Gasteiger partial charge in [0.2, 0.25) is 0 Å². The summed E-state index contributed by atoms with van der Waals surface area (Å²) in [5, 5.41) is 24.7. The third-order valence-electron chi connectivity index (χ3n) is 2.49. The molecule has 1 aromatic rings. The van der Waals surface area contributed by atoms with Crippen LogP contribution >= 0.6 is 0 Å². The Morgan fingerprint density at radius 3 is 2.42 bits per heavy atom. The van der Waals surface area contributed by atoms with Gasteiger partial charge in [0.05, 0.1) is 4.92 Å². The maximum Gasteiger partial charge on any atom is 0.319 e. The van der Waals surface area contributed by atoms with Crippen LogP contribution in [0.3, 0.4) is 0 Å². The van der Waals surface area contributed by atoms with E-state index in [1.165, 1.54) is 24.3 Å². The summed E-state index contributed by atoms with van der Waals surface area (Å²) >= 11 is 0. The maximum absolute atomic E-state index is 11.6. The first kappa shape index (κ1) is 14.9. The summed E-state index contributed by atoms with van der Waals surface area (Å²) in [4.78, 5) is 21.5. The van der Waals surface area contributed by atoms with Gasteiger partial charge in [-0.2, -0.15) is 0 Å². The summed E-state index contributed by atoms with van der Waals surface area (Å²) in [5.41, 5.74) is 0.0320. The van der Waals surface area contributed by atoms with Crippen molar-refractivity contribution < 1.29 is 14.8 Å². The lowest BCUT2D eigenvalue weighted by Gasteiger charge is -2.21. The quantitative estimate of drug-likeness (QED) is 0.558. The van der Waals surface area contributed by atoms with E-state index in [0.29, 0.717) is 12.2 Å². The molecule has 0 radical (unpaired) electrons. The standard InChI is InChI=1S/C12H17N3O4/c1-12(2,8-16)7-13-11(17)14-9-3-5-10(6-4-9)15(18)19/h3-6,16H,7-8H2,1-2H3,(H2,13,14,17). The predicted octanol–water partition coefficient (Wildman–Crippen LogP) is 1.73. The van der Waals surface area contributed by atoms with Crippen molar-refractivity contribution in [2.45, 2.75) is 13.8 Å². The van der Waals surface area contributed by atoms with Gasteiger partial charge in [-0.05, 0) is 12.1 Å². The fourth-order valence-electron chi connectivity index (χ4n) is 1.22. The van der Waals surface area contributed by atoms with Gasteiger partial charge < -0.3 is 15.7 Å². The number of carbonyl (C=O) groups excluding carboxylic acids is 1. The number of carbonyl (C=O) groups is 1. The molecule has 0 atom stereocenters. The molecule has 7 nitrogen and oxygen atoms in total. The average Bonchev–Trinajstić information content (AvgIpc) is 2.37. The van der Waals surface area contributed by atoms with Crippen LogP contribution in [0, 0.1) is 15.5 Å². The highest BCUT2D eigenvalue weighted by atomic mass is 16.6. The molecule has 0 bridgehead atoms. The van der Waals surface area contributed by atoms with Gasteiger partial charge in [0.15, 0.2) is 0 Å². The van der Waals surface area contributed by atoms with Gasteiger partial charge in [-0.1, -0.05) is 13.8 Å². The van der Waals surface area contributed by atoms with Gasteiger partial charge in [0, 0.05) is 36.4 Å². The Hall–Kier alpha value is -2.15. The number of aliphatic hydroxyl groups is 1. The zero-order valence-corrected chi connectivity index (χ0v) is 10.8. The first-order valence-electron chi connectivity index (χ1n) is 5.74. The molecule has 0 aliphatic rings. The third kappa shape index (κ3) is 4.92. The van der Waals surface area contributed by atoms with E-state index in [0.717, 1.165) is 0 Å². The van der Waals surface area contributed by atoms with Crippen molar-refractivity contribution >= 4 is 17.4 Å². The van der Waals surface area contributed by atoms with E-state index in [9.17, 15) is 14.9 Å². The van der Waals surface area contributed by atoms with E-state index in [4.69, 9.17) is 5.11 Å². The third-order valence-corrected chi connectivity index (χ3v) is 2.49. The number of amides is 2. The largest absolute Gasteiger partial charge is 0.396 e. The Labute approximate surface area is 110 Å². The minimum absolute atomic E-state index is 0.0348. The summed E-state index contributed by atoms with van der Waals surface area (Å²) in [6, 6.07) is 5.11. The molecule has 1 rings (SSSR count). The van der Waals surface area contributed by atoms with Gasteiger partial charge in [0.25, 0.3) is 5.69 Å². The number of hydrogen-bond donors (Lipinski definition) is 3. The lowest BCUT2D eigenvalue weighted by Crippen LogP contribution is -2.38. The normalized spacial score (nSPS) is 10.9. The molecule has 0 aliphatic carbocycles. The number of urea groups is 1. The predicted molar refractivity (Wildman–Crippen MR) is 71.0 cm³/mol. The fourth-order valence-corrected chi connectivity index (χ4v) is 1.22. The summed E-state index contributed by atoms with van der Waals surface area (Å²) in [5.74, 6) is 0. The van der Waals surface area contributed by atoms with E-state index < -0.39 is 16.4 Å². The number of anilines is 1. The molecule has 0 aliphatic heterocycles. The van der Waals surface area contributed by atoms with Crippen molar-refractivity contribution in [2.75, 3.05) is 18.5 Å². The second-order valence-corrected chi connectivity index (χ2v) is 4.93. The smallest absolute Gasteiger partial charge is 0.319 e. The molecule has 0 unspecified atom stereocenters. The number of hydrogen-bond acceptors (Lipinski definition) is 4.